The van der Waals surface area contributed by atoms with Gasteiger partial charge in [0.15, 0.2) is 0 Å². The Morgan fingerprint density at radius 2 is 2.27 bits per heavy atom. The van der Waals surface area contributed by atoms with E-state index < -0.39 is 0 Å². The van der Waals surface area contributed by atoms with Gasteiger partial charge in [-0.3, -0.25) is 0 Å². The van der Waals surface area contributed by atoms with E-state index in [4.69, 9.17) is 10.8 Å². The molecule has 0 saturated heterocycles. The van der Waals surface area contributed by atoms with Gasteiger partial charge in [-0.2, -0.15) is 0 Å². The molecule has 2 nitrogen and oxygen atoms in total. The van der Waals surface area contributed by atoms with Crippen molar-refractivity contribution in [2.75, 3.05) is 0 Å². The predicted molar refractivity (Wildman–Crippen MR) is 45.3 cm³/mol. The van der Waals surface area contributed by atoms with Crippen molar-refractivity contribution in [2.45, 2.75) is 19.4 Å². The van der Waals surface area contributed by atoms with E-state index in [2.05, 4.69) is 0 Å². The summed E-state index contributed by atoms with van der Waals surface area (Å²) in [6, 6.07) is 7.12. The molecule has 11 heavy (non-hydrogen) atoms. The lowest BCUT2D eigenvalue weighted by Crippen LogP contribution is -2.07. The Hall–Kier alpha value is -1.02. The highest BCUT2D eigenvalue weighted by atomic mass is 16.3. The first-order valence-electron chi connectivity index (χ1n) is 3.78. The molecule has 0 aliphatic rings. The van der Waals surface area contributed by atoms with Crippen molar-refractivity contribution in [3.05, 3.63) is 29.8 Å². The molecule has 0 radical (unpaired) electrons. The van der Waals surface area contributed by atoms with Gasteiger partial charge in [0.25, 0.3) is 0 Å². The summed E-state index contributed by atoms with van der Waals surface area (Å²) in [4.78, 5) is 0. The molecule has 1 aromatic carbocycles. The van der Waals surface area contributed by atoms with Crippen LogP contribution in [0.5, 0.6) is 5.75 Å². The first-order chi connectivity index (χ1) is 5.24. The standard InChI is InChI=1S/C9H13NO/c1-2-9(10)7-4-3-5-8(11)6-7/h3-6,9,11H,2,10H2,1H3/t9-/m0/s1. The van der Waals surface area contributed by atoms with E-state index in [1.807, 2.05) is 13.0 Å². The van der Waals surface area contributed by atoms with E-state index in [9.17, 15) is 0 Å². The van der Waals surface area contributed by atoms with Crippen molar-refractivity contribution in [3.63, 3.8) is 0 Å². The number of phenols is 1. The molecular formula is C9H13NO. The summed E-state index contributed by atoms with van der Waals surface area (Å²) in [6.45, 7) is 2.02. The van der Waals surface area contributed by atoms with E-state index in [0.717, 1.165) is 12.0 Å². The Morgan fingerprint density at radius 3 is 2.82 bits per heavy atom. The number of rotatable bonds is 2. The summed E-state index contributed by atoms with van der Waals surface area (Å²) < 4.78 is 0. The number of benzene rings is 1. The molecule has 60 valence electrons. The zero-order valence-electron chi connectivity index (χ0n) is 6.62. The van der Waals surface area contributed by atoms with Gasteiger partial charge in [0.2, 0.25) is 0 Å². The summed E-state index contributed by atoms with van der Waals surface area (Å²) >= 11 is 0. The zero-order chi connectivity index (χ0) is 8.27. The van der Waals surface area contributed by atoms with Crippen LogP contribution in [0.2, 0.25) is 0 Å². The topological polar surface area (TPSA) is 46.2 Å². The molecule has 0 heterocycles. The molecule has 0 fully saturated rings. The molecule has 1 rings (SSSR count). The molecule has 0 saturated carbocycles. The van der Waals surface area contributed by atoms with Crippen LogP contribution >= 0.6 is 0 Å². The third kappa shape index (κ3) is 1.95. The number of hydrogen-bond donors (Lipinski definition) is 2. The normalized spacial score (nSPS) is 12.9. The predicted octanol–water partition coefficient (Wildman–Crippen LogP) is 1.80. The second kappa shape index (κ2) is 3.39. The van der Waals surface area contributed by atoms with Gasteiger partial charge >= 0.3 is 0 Å². The Labute approximate surface area is 66.7 Å². The van der Waals surface area contributed by atoms with Crippen LogP contribution in [0.1, 0.15) is 24.9 Å². The maximum atomic E-state index is 9.10. The SMILES string of the molecule is CC[C@H](N)c1cccc(O)c1. The fourth-order valence-electron chi connectivity index (χ4n) is 0.991. The van der Waals surface area contributed by atoms with E-state index in [1.54, 1.807) is 18.2 Å². The molecule has 0 spiro atoms. The van der Waals surface area contributed by atoms with Crippen molar-refractivity contribution < 1.29 is 5.11 Å². The minimum Gasteiger partial charge on any atom is -0.508 e. The van der Waals surface area contributed by atoms with Gasteiger partial charge in [0.05, 0.1) is 0 Å². The number of nitrogens with two attached hydrogens (primary N) is 1. The Bertz CT molecular complexity index is 235. The van der Waals surface area contributed by atoms with Crippen LogP contribution in [0.25, 0.3) is 0 Å². The molecule has 3 N–H and O–H groups in total. The van der Waals surface area contributed by atoms with Crippen LogP contribution in [-0.4, -0.2) is 5.11 Å². The van der Waals surface area contributed by atoms with Gasteiger partial charge in [0.1, 0.15) is 5.75 Å². The van der Waals surface area contributed by atoms with Gasteiger partial charge in [-0.1, -0.05) is 19.1 Å². The summed E-state index contributed by atoms with van der Waals surface area (Å²) in [7, 11) is 0. The molecule has 0 aromatic heterocycles. The van der Waals surface area contributed by atoms with Crippen LogP contribution < -0.4 is 5.73 Å². The summed E-state index contributed by atoms with van der Waals surface area (Å²) in [6.07, 6.45) is 0.892. The van der Waals surface area contributed by atoms with Crippen molar-refractivity contribution >= 4 is 0 Å². The average molecular weight is 151 g/mol. The van der Waals surface area contributed by atoms with E-state index >= 15 is 0 Å². The molecule has 0 aliphatic heterocycles. The molecular weight excluding hydrogens is 138 g/mol. The summed E-state index contributed by atoms with van der Waals surface area (Å²) in [5.41, 5.74) is 6.75. The largest absolute Gasteiger partial charge is 0.508 e. The lowest BCUT2D eigenvalue weighted by atomic mass is 10.1. The average Bonchev–Trinajstić information content (AvgIpc) is 2.03. The maximum Gasteiger partial charge on any atom is 0.115 e. The second-order valence-corrected chi connectivity index (χ2v) is 2.61. The van der Waals surface area contributed by atoms with Crippen LogP contribution in [0, 0.1) is 0 Å². The van der Waals surface area contributed by atoms with E-state index in [-0.39, 0.29) is 11.8 Å². The molecule has 0 amide bonds. The number of aromatic hydroxyl groups is 1. The quantitative estimate of drug-likeness (QED) is 0.677. The minimum absolute atomic E-state index is 0.0436. The van der Waals surface area contributed by atoms with Crippen molar-refractivity contribution in [1.29, 1.82) is 0 Å². The van der Waals surface area contributed by atoms with Gasteiger partial charge in [-0.15, -0.1) is 0 Å². The monoisotopic (exact) mass is 151 g/mol. The first-order valence-corrected chi connectivity index (χ1v) is 3.78. The van der Waals surface area contributed by atoms with Gasteiger partial charge in [0, 0.05) is 6.04 Å². The molecule has 0 bridgehead atoms. The molecule has 0 aliphatic carbocycles. The van der Waals surface area contributed by atoms with Gasteiger partial charge < -0.3 is 10.8 Å². The molecule has 1 atom stereocenters. The lowest BCUT2D eigenvalue weighted by Gasteiger charge is -2.08. The summed E-state index contributed by atoms with van der Waals surface area (Å²) in [5.74, 6) is 0.284. The highest BCUT2D eigenvalue weighted by Crippen LogP contribution is 2.17. The summed E-state index contributed by atoms with van der Waals surface area (Å²) in [5, 5.41) is 9.10. The minimum atomic E-state index is 0.0436. The highest BCUT2D eigenvalue weighted by Gasteiger charge is 2.01. The first kappa shape index (κ1) is 8.08. The number of phenolic OH excluding ortho intramolecular Hbond substituents is 1. The smallest absolute Gasteiger partial charge is 0.115 e. The second-order valence-electron chi connectivity index (χ2n) is 2.61. The zero-order valence-corrected chi connectivity index (χ0v) is 6.62. The molecule has 1 aromatic rings. The maximum absolute atomic E-state index is 9.10. The molecule has 2 heteroatoms. The molecule has 0 unspecified atom stereocenters. The van der Waals surface area contributed by atoms with Crippen molar-refractivity contribution in [1.82, 2.24) is 0 Å². The van der Waals surface area contributed by atoms with E-state index in [0.29, 0.717) is 0 Å². The van der Waals surface area contributed by atoms with E-state index in [1.165, 1.54) is 0 Å². The van der Waals surface area contributed by atoms with Crippen LogP contribution in [0.3, 0.4) is 0 Å². The third-order valence-electron chi connectivity index (χ3n) is 1.74. The fraction of sp³-hybridized carbons (Fsp3) is 0.333. The lowest BCUT2D eigenvalue weighted by molar-refractivity contribution is 0.473. The van der Waals surface area contributed by atoms with Crippen molar-refractivity contribution in [2.24, 2.45) is 5.73 Å². The Kier molecular flexibility index (Phi) is 2.49. The Morgan fingerprint density at radius 1 is 1.55 bits per heavy atom. The fourth-order valence-corrected chi connectivity index (χ4v) is 0.991. The van der Waals surface area contributed by atoms with Crippen LogP contribution in [0.15, 0.2) is 24.3 Å². The third-order valence-corrected chi connectivity index (χ3v) is 1.74. The van der Waals surface area contributed by atoms with Crippen molar-refractivity contribution in [3.8, 4) is 5.75 Å². The van der Waals surface area contributed by atoms with Gasteiger partial charge in [-0.05, 0) is 24.1 Å². The van der Waals surface area contributed by atoms with Gasteiger partial charge in [-0.25, -0.2) is 0 Å². The highest BCUT2D eigenvalue weighted by molar-refractivity contribution is 5.28. The van der Waals surface area contributed by atoms with Crippen LogP contribution in [-0.2, 0) is 0 Å². The Balaban J connectivity index is 2.86. The van der Waals surface area contributed by atoms with Crippen LogP contribution in [0.4, 0.5) is 0 Å². The number of hydrogen-bond acceptors (Lipinski definition) is 2.